The first-order chi connectivity index (χ1) is 64.5. The lowest BCUT2D eigenvalue weighted by molar-refractivity contribution is -0.325. The van der Waals surface area contributed by atoms with Crippen molar-refractivity contribution in [3.05, 3.63) is 289 Å². The van der Waals surface area contributed by atoms with E-state index in [0.29, 0.717) is 164 Å². The van der Waals surface area contributed by atoms with Gasteiger partial charge in [-0.15, -0.1) is 13.2 Å². The summed E-state index contributed by atoms with van der Waals surface area (Å²) >= 11 is 18.3. The van der Waals surface area contributed by atoms with Crippen LogP contribution in [-0.4, -0.2) is 178 Å². The Kier molecular flexibility index (Phi) is 25.2. The van der Waals surface area contributed by atoms with Gasteiger partial charge in [-0.1, -0.05) is 71.2 Å². The number of likely N-dealkylation sites (tertiary alicyclic amines) is 4. The van der Waals surface area contributed by atoms with Crippen molar-refractivity contribution in [1.29, 1.82) is 0 Å². The number of methoxy groups -OCH3 is 1. The molecule has 5 fully saturated rings. The fourth-order valence-electron chi connectivity index (χ4n) is 19.4. The fourth-order valence-corrected chi connectivity index (χ4v) is 21.7. The molecule has 1 atom stereocenters. The molecule has 21 rings (SSSR count). The number of H-pyrrole nitrogens is 1. The molecule has 5 saturated heterocycles. The average molecular weight is 1940 g/mol. The van der Waals surface area contributed by atoms with Gasteiger partial charge in [0.2, 0.25) is 0 Å². The molecule has 0 unspecified atom stereocenters. The Morgan fingerprint density at radius 2 is 1.04 bits per heavy atom. The van der Waals surface area contributed by atoms with E-state index in [2.05, 4.69) is 30.7 Å². The molecule has 4 amide bonds. The van der Waals surface area contributed by atoms with Crippen LogP contribution in [0.4, 0.5) is 39.5 Å². The maximum absolute atomic E-state index is 13.8. The summed E-state index contributed by atoms with van der Waals surface area (Å²) in [7, 11) is -0.443. The van der Waals surface area contributed by atoms with Gasteiger partial charge in [-0.25, -0.2) is 8.42 Å². The van der Waals surface area contributed by atoms with Crippen molar-refractivity contribution in [3.63, 3.8) is 0 Å². The van der Waals surface area contributed by atoms with E-state index in [4.69, 9.17) is 68.0 Å². The molecule has 13 heterocycles. The Labute approximate surface area is 785 Å². The number of hydrogen-bond donors (Lipinski definition) is 1. The first-order valence-electron chi connectivity index (χ1n) is 43.7. The number of nitrogens with zero attached hydrogens (tertiary/aromatic N) is 9. The molecule has 0 aliphatic carbocycles. The molecule has 9 aliphatic heterocycles. The van der Waals surface area contributed by atoms with E-state index >= 15 is 0 Å². The van der Waals surface area contributed by atoms with Crippen LogP contribution in [0.25, 0.3) is 33.9 Å². The maximum atomic E-state index is 13.8. The van der Waals surface area contributed by atoms with Gasteiger partial charge in [0.1, 0.15) is 58.0 Å². The standard InChI is InChI=1S/C27H25F3N2O5S.C26H26F3N3O4.C23H20F3N3O3.C22H17Cl3N2O2.H2/c28-27(29,30)24-10-9-23-26(37-22-4-2-1-3-21(22)32(23)24)12-14-31(15-13-26)25(33)18-5-7-19(8-6-18)38(34,35)20-11-16-36-17-20;1-17-15-18(7-8-21(17)34-13-14-35-26(27,28)29)24(33)32-11-9-25(10-12-32)20-16-30-31(2)23(20)19-5-3-4-6-22(19)36-25;1-31-19-7-6-14(12-16(19)23(24,25)26)21(30)29-10-8-22(9-11-29)17-13-27-28-20(17)15-4-2-3-5-18(15)32-22;23-15-3-4-18-19(13-15)29-22(20-2-1-7-27(18)20)5-8-26(9-6-22)21(28)14-10-16(24)12-17(25)11-14;/h1-10,20H,11-17H2;3-8,15-16H,9-14H2,1-2H3;2-7,12-13H,8-11H2,1H3,(H,27,28);1-4,7,10-13H,5-6,8-9H2;1H/t20-;;;;/m0..../s1. The molecule has 0 saturated carbocycles. The highest BCUT2D eigenvalue weighted by Crippen LogP contribution is 2.54. The number of sulfone groups is 1. The van der Waals surface area contributed by atoms with Gasteiger partial charge < -0.3 is 61.9 Å². The summed E-state index contributed by atoms with van der Waals surface area (Å²) in [6.07, 6.45) is -3.49. The van der Waals surface area contributed by atoms with E-state index in [1.165, 1.54) is 54.1 Å². The second-order valence-corrected chi connectivity index (χ2v) is 37.8. The molecule has 37 heteroatoms. The van der Waals surface area contributed by atoms with Crippen LogP contribution in [0.3, 0.4) is 0 Å². The highest BCUT2D eigenvalue weighted by atomic mass is 35.5. The quantitative estimate of drug-likeness (QED) is 0.0934. The van der Waals surface area contributed by atoms with Gasteiger partial charge in [-0.05, 0) is 171 Å². The zero-order valence-corrected chi connectivity index (χ0v) is 75.9. The molecule has 0 bridgehead atoms. The molecular weight excluding hydrogens is 1850 g/mol. The smallest absolute Gasteiger partial charge is 0.496 e. The van der Waals surface area contributed by atoms with Crippen molar-refractivity contribution in [3.8, 4) is 68.4 Å². The van der Waals surface area contributed by atoms with Crippen LogP contribution in [-0.2, 0) is 61.1 Å². The van der Waals surface area contributed by atoms with Gasteiger partial charge in [0.25, 0.3) is 23.6 Å². The van der Waals surface area contributed by atoms with Gasteiger partial charge in [0.05, 0.1) is 82.6 Å². The van der Waals surface area contributed by atoms with Crippen LogP contribution < -0.4 is 28.4 Å². The zero-order valence-electron chi connectivity index (χ0n) is 72.8. The van der Waals surface area contributed by atoms with Crippen LogP contribution in [0, 0.1) is 6.92 Å². The molecular formula is C98H90Cl3F9N10O14S. The van der Waals surface area contributed by atoms with Crippen LogP contribution in [0.15, 0.2) is 218 Å². The number of nitrogens with one attached hydrogen (secondary N) is 1. The number of rotatable bonds is 11. The third kappa shape index (κ3) is 18.2. The lowest BCUT2D eigenvalue weighted by Gasteiger charge is -2.45. The second kappa shape index (κ2) is 36.6. The monoisotopic (exact) mass is 1940 g/mol. The molecule has 4 spiro atoms. The predicted octanol–water partition coefficient (Wildman–Crippen LogP) is 20.3. The molecule has 4 aromatic heterocycles. The summed E-state index contributed by atoms with van der Waals surface area (Å²) in [5.41, 5.74) is 6.31. The summed E-state index contributed by atoms with van der Waals surface area (Å²) in [6.45, 7) is 4.88. The predicted molar refractivity (Wildman–Crippen MR) is 482 cm³/mol. The number of piperidine rings is 4. The van der Waals surface area contributed by atoms with E-state index < -0.39 is 80.0 Å². The topological polar surface area (TPSA) is 246 Å². The van der Waals surface area contributed by atoms with Crippen LogP contribution >= 0.6 is 34.8 Å². The summed E-state index contributed by atoms with van der Waals surface area (Å²) in [6, 6.07) is 53.7. The van der Waals surface area contributed by atoms with E-state index in [0.717, 1.165) is 74.4 Å². The third-order valence-corrected chi connectivity index (χ3v) is 29.2. The van der Waals surface area contributed by atoms with Gasteiger partial charge in [0.15, 0.2) is 21.0 Å². The Morgan fingerprint density at radius 1 is 0.511 bits per heavy atom. The molecule has 1 N–H and O–H groups in total. The Hall–Kier alpha value is -12.5. The highest BCUT2D eigenvalue weighted by Gasteiger charge is 2.52. The number of hydrogen-bond acceptors (Lipinski definition) is 16. The number of carbonyl (C=O) groups excluding carboxylic acids is 4. The number of alkyl halides is 9. The van der Waals surface area contributed by atoms with Crippen molar-refractivity contribution >= 4 is 68.3 Å². The minimum atomic E-state index is -4.69. The lowest BCUT2D eigenvalue weighted by Crippen LogP contribution is -2.50. The number of aromatic nitrogens is 6. The lowest BCUT2D eigenvalue weighted by atomic mass is 9.81. The van der Waals surface area contributed by atoms with Gasteiger partial charge in [0, 0.05) is 191 Å². The molecule has 135 heavy (non-hydrogen) atoms. The summed E-state index contributed by atoms with van der Waals surface area (Å²) < 4.78 is 194. The number of fused-ring (bicyclic) bond motifs is 16. The number of aryl methyl sites for hydroxylation is 2. The van der Waals surface area contributed by atoms with Crippen molar-refractivity contribution < 1.29 is 106 Å². The Bertz CT molecular complexity index is 6630. The minimum absolute atomic E-state index is 0. The van der Waals surface area contributed by atoms with Crippen molar-refractivity contribution in [1.82, 2.24) is 48.7 Å². The minimum Gasteiger partial charge on any atom is -0.496 e. The fraction of sp³-hybridized carbons (Fsp3) is 0.327. The van der Waals surface area contributed by atoms with Crippen molar-refractivity contribution in [2.45, 2.75) is 116 Å². The molecule has 9 aliphatic rings. The summed E-state index contributed by atoms with van der Waals surface area (Å²) in [5, 5.41) is 12.7. The van der Waals surface area contributed by atoms with Gasteiger partial charge in [-0.2, -0.15) is 36.5 Å². The van der Waals surface area contributed by atoms with Crippen molar-refractivity contribution in [2.75, 3.05) is 85.9 Å². The number of aromatic amines is 1. The highest BCUT2D eigenvalue weighted by molar-refractivity contribution is 7.92. The van der Waals surface area contributed by atoms with Gasteiger partial charge >= 0.3 is 18.7 Å². The molecule has 706 valence electrons. The van der Waals surface area contributed by atoms with E-state index in [1.54, 1.807) is 88.5 Å². The SMILES string of the molecule is COc1ccc(C(=O)N2CCC3(CC2)Oc2ccccc2-c2[nH]ncc23)cc1C(F)(F)F.Cc1cc(C(=O)N2CCC3(CC2)Oc2ccccc2-c2c3cnn2C)ccc1OCCOC(F)(F)F.O=C(c1cc(Cl)cc(Cl)c1)N1CCC2(CC1)Oc1cc(Cl)ccc1-n1cccc12.O=C(c1ccc(S(=O)(=O)[C@H]2CCOC2)cc1)N1CCC2(CC1)Oc1ccccc1-n1c(C(F)(F)F)ccc12.[HH]. The number of carbonyl (C=O) groups is 4. The normalized spacial score (nSPS) is 17.8. The average Bonchev–Trinajstić information content (AvgIpc) is 1.54. The van der Waals surface area contributed by atoms with Crippen molar-refractivity contribution in [2.24, 2.45) is 7.05 Å². The number of amides is 4. The van der Waals surface area contributed by atoms with E-state index in [9.17, 15) is 67.1 Å². The number of para-hydroxylation sites is 4. The largest absolute Gasteiger partial charge is 0.522 e. The Balaban J connectivity index is 0.000000126. The molecule has 8 aromatic carbocycles. The van der Waals surface area contributed by atoms with E-state index in [-0.39, 0.29) is 61.7 Å². The number of ether oxygens (including phenoxy) is 8. The first kappa shape index (κ1) is 93.0. The van der Waals surface area contributed by atoms with E-state index in [1.807, 2.05) is 102 Å². The van der Waals surface area contributed by atoms with Gasteiger partial charge in [-0.3, -0.25) is 33.7 Å². The first-order valence-corrected chi connectivity index (χ1v) is 46.3. The van der Waals surface area contributed by atoms with Crippen LogP contribution in [0.2, 0.25) is 15.1 Å². The maximum Gasteiger partial charge on any atom is 0.522 e. The molecule has 12 aromatic rings. The number of benzene rings is 8. The third-order valence-electron chi connectivity index (χ3n) is 26.3. The second-order valence-electron chi connectivity index (χ2n) is 34.3. The molecule has 24 nitrogen and oxygen atoms in total. The molecule has 0 radical (unpaired) electrons. The van der Waals surface area contributed by atoms with Crippen LogP contribution in [0.5, 0.6) is 34.5 Å². The zero-order chi connectivity index (χ0) is 94.9. The number of halogens is 12. The Morgan fingerprint density at radius 3 is 1.64 bits per heavy atom. The summed E-state index contributed by atoms with van der Waals surface area (Å²) in [5.74, 6) is 1.90. The summed E-state index contributed by atoms with van der Waals surface area (Å²) in [4.78, 5) is 59.4. The van der Waals surface area contributed by atoms with Crippen LogP contribution in [0.1, 0.15) is 140 Å².